The molecular formula is C9H12ClP. The minimum absolute atomic E-state index is 0.404. The van der Waals surface area contributed by atoms with E-state index >= 15 is 0 Å². The van der Waals surface area contributed by atoms with Crippen LogP contribution >= 0.6 is 18.5 Å². The first-order valence-electron chi connectivity index (χ1n) is 3.83. The van der Waals surface area contributed by atoms with Crippen molar-refractivity contribution in [3.63, 3.8) is 0 Å². The van der Waals surface area contributed by atoms with Gasteiger partial charge in [0.1, 0.15) is 0 Å². The zero-order chi connectivity index (χ0) is 8.10. The molecule has 0 amide bonds. The van der Waals surface area contributed by atoms with Gasteiger partial charge in [0.25, 0.3) is 0 Å². The van der Waals surface area contributed by atoms with Gasteiger partial charge in [-0.05, 0) is 11.5 Å². The van der Waals surface area contributed by atoms with Crippen LogP contribution in [0.5, 0.6) is 0 Å². The number of hydrogen-bond acceptors (Lipinski definition) is 0. The minimum atomic E-state index is -0.404. The zero-order valence-corrected chi connectivity index (χ0v) is 8.28. The molecule has 1 aromatic carbocycles. The SMILES string of the molecule is CCCP(Cl)c1ccccc1. The summed E-state index contributed by atoms with van der Waals surface area (Å²) in [6.07, 6.45) is 2.30. The Hall–Kier alpha value is -0.0600. The molecule has 0 saturated heterocycles. The molecule has 1 atom stereocenters. The summed E-state index contributed by atoms with van der Waals surface area (Å²) in [6.45, 7) is 2.17. The van der Waals surface area contributed by atoms with Crippen LogP contribution in [0.25, 0.3) is 0 Å². The second-order valence-corrected chi connectivity index (χ2v) is 5.33. The fraction of sp³-hybridized carbons (Fsp3) is 0.333. The maximum atomic E-state index is 6.17. The maximum absolute atomic E-state index is 6.17. The van der Waals surface area contributed by atoms with Gasteiger partial charge < -0.3 is 0 Å². The van der Waals surface area contributed by atoms with Crippen LogP contribution in [0.3, 0.4) is 0 Å². The molecular weight excluding hydrogens is 175 g/mol. The van der Waals surface area contributed by atoms with Crippen molar-refractivity contribution in [1.29, 1.82) is 0 Å². The molecule has 0 heterocycles. The Morgan fingerprint density at radius 3 is 2.45 bits per heavy atom. The largest absolute Gasteiger partial charge is 0.0912 e. The van der Waals surface area contributed by atoms with Gasteiger partial charge in [0.05, 0.1) is 0 Å². The first-order chi connectivity index (χ1) is 5.34. The van der Waals surface area contributed by atoms with E-state index in [1.54, 1.807) is 0 Å². The van der Waals surface area contributed by atoms with E-state index in [0.29, 0.717) is 0 Å². The van der Waals surface area contributed by atoms with E-state index < -0.39 is 7.27 Å². The van der Waals surface area contributed by atoms with Crippen LogP contribution in [-0.2, 0) is 0 Å². The highest BCUT2D eigenvalue weighted by Gasteiger charge is 2.03. The average Bonchev–Trinajstić information content (AvgIpc) is 2.07. The van der Waals surface area contributed by atoms with Crippen LogP contribution < -0.4 is 5.30 Å². The van der Waals surface area contributed by atoms with Crippen molar-refractivity contribution in [2.75, 3.05) is 6.16 Å². The molecule has 0 nitrogen and oxygen atoms in total. The Kier molecular flexibility index (Phi) is 3.90. The standard InChI is InChI=1S/C9H12ClP/c1-2-8-11(10)9-6-4-3-5-7-9/h3-7H,2,8H2,1H3. The maximum Gasteiger partial charge on any atom is 0.0212 e. The lowest BCUT2D eigenvalue weighted by Gasteiger charge is -2.06. The highest BCUT2D eigenvalue weighted by atomic mass is 35.7. The third-order valence-electron chi connectivity index (χ3n) is 1.46. The van der Waals surface area contributed by atoms with Crippen LogP contribution in [0, 0.1) is 0 Å². The van der Waals surface area contributed by atoms with Gasteiger partial charge in [0, 0.05) is 7.27 Å². The van der Waals surface area contributed by atoms with E-state index in [2.05, 4.69) is 19.1 Å². The molecule has 0 bridgehead atoms. The van der Waals surface area contributed by atoms with Gasteiger partial charge in [0.15, 0.2) is 0 Å². The lowest BCUT2D eigenvalue weighted by molar-refractivity contribution is 1.10. The van der Waals surface area contributed by atoms with Gasteiger partial charge in [-0.1, -0.05) is 54.9 Å². The Morgan fingerprint density at radius 2 is 1.91 bits per heavy atom. The molecule has 0 aromatic heterocycles. The summed E-state index contributed by atoms with van der Waals surface area (Å²) in [4.78, 5) is 0. The van der Waals surface area contributed by atoms with Gasteiger partial charge >= 0.3 is 0 Å². The highest BCUT2D eigenvalue weighted by molar-refractivity contribution is 7.89. The molecule has 0 fully saturated rings. The topological polar surface area (TPSA) is 0 Å². The highest BCUT2D eigenvalue weighted by Crippen LogP contribution is 2.40. The number of rotatable bonds is 3. The molecule has 0 saturated carbocycles. The summed E-state index contributed by atoms with van der Waals surface area (Å²) in [6, 6.07) is 10.3. The Bertz CT molecular complexity index is 198. The molecule has 1 rings (SSSR count). The van der Waals surface area contributed by atoms with E-state index in [4.69, 9.17) is 11.2 Å². The van der Waals surface area contributed by atoms with Crippen molar-refractivity contribution in [2.24, 2.45) is 0 Å². The molecule has 60 valence electrons. The average molecular weight is 187 g/mol. The summed E-state index contributed by atoms with van der Waals surface area (Å²) in [5, 5.41) is 1.30. The Morgan fingerprint density at radius 1 is 1.27 bits per heavy atom. The molecule has 1 unspecified atom stereocenters. The number of hydrogen-bond donors (Lipinski definition) is 0. The third kappa shape index (κ3) is 2.81. The fourth-order valence-electron chi connectivity index (χ4n) is 0.915. The van der Waals surface area contributed by atoms with Gasteiger partial charge in [-0.25, -0.2) is 0 Å². The molecule has 2 heteroatoms. The summed E-state index contributed by atoms with van der Waals surface area (Å²) in [7, 11) is -0.404. The first-order valence-corrected chi connectivity index (χ1v) is 6.26. The molecule has 0 aliphatic carbocycles. The van der Waals surface area contributed by atoms with Crippen LogP contribution in [0.1, 0.15) is 13.3 Å². The fourth-order valence-corrected chi connectivity index (χ4v) is 2.91. The van der Waals surface area contributed by atoms with Crippen LogP contribution in [-0.4, -0.2) is 6.16 Å². The lowest BCUT2D eigenvalue weighted by atomic mass is 10.4. The first kappa shape index (κ1) is 9.03. The van der Waals surface area contributed by atoms with E-state index in [9.17, 15) is 0 Å². The van der Waals surface area contributed by atoms with E-state index in [0.717, 1.165) is 6.16 Å². The molecule has 0 radical (unpaired) electrons. The monoisotopic (exact) mass is 186 g/mol. The van der Waals surface area contributed by atoms with Gasteiger partial charge in [-0.15, -0.1) is 0 Å². The predicted molar refractivity (Wildman–Crippen MR) is 54.0 cm³/mol. The van der Waals surface area contributed by atoms with Crippen molar-refractivity contribution in [3.8, 4) is 0 Å². The number of halogens is 1. The van der Waals surface area contributed by atoms with Crippen molar-refractivity contribution in [1.82, 2.24) is 0 Å². The van der Waals surface area contributed by atoms with Crippen molar-refractivity contribution >= 4 is 23.8 Å². The molecule has 11 heavy (non-hydrogen) atoms. The van der Waals surface area contributed by atoms with Gasteiger partial charge in [0.2, 0.25) is 0 Å². The van der Waals surface area contributed by atoms with Crippen molar-refractivity contribution in [3.05, 3.63) is 30.3 Å². The Labute approximate surface area is 74.1 Å². The summed E-state index contributed by atoms with van der Waals surface area (Å²) >= 11 is 6.17. The molecule has 0 N–H and O–H groups in total. The van der Waals surface area contributed by atoms with Crippen LogP contribution in [0.15, 0.2) is 30.3 Å². The van der Waals surface area contributed by atoms with Crippen LogP contribution in [0.4, 0.5) is 0 Å². The van der Waals surface area contributed by atoms with E-state index in [-0.39, 0.29) is 0 Å². The second-order valence-electron chi connectivity index (χ2n) is 2.42. The van der Waals surface area contributed by atoms with Crippen molar-refractivity contribution < 1.29 is 0 Å². The second kappa shape index (κ2) is 4.74. The quantitative estimate of drug-likeness (QED) is 0.635. The van der Waals surface area contributed by atoms with Crippen LogP contribution in [0.2, 0.25) is 0 Å². The smallest absolute Gasteiger partial charge is 0.0212 e. The number of benzene rings is 1. The van der Waals surface area contributed by atoms with E-state index in [1.807, 2.05) is 18.2 Å². The van der Waals surface area contributed by atoms with E-state index in [1.165, 1.54) is 11.7 Å². The minimum Gasteiger partial charge on any atom is -0.0912 e. The Balaban J connectivity index is 2.61. The van der Waals surface area contributed by atoms with Gasteiger partial charge in [-0.3, -0.25) is 0 Å². The van der Waals surface area contributed by atoms with Crippen molar-refractivity contribution in [2.45, 2.75) is 13.3 Å². The lowest BCUT2D eigenvalue weighted by Crippen LogP contribution is -1.97. The molecule has 0 spiro atoms. The van der Waals surface area contributed by atoms with Gasteiger partial charge in [-0.2, -0.15) is 0 Å². The zero-order valence-electron chi connectivity index (χ0n) is 6.63. The normalized spacial score (nSPS) is 12.9. The summed E-state index contributed by atoms with van der Waals surface area (Å²) in [5.74, 6) is 0. The molecule has 0 aliphatic rings. The summed E-state index contributed by atoms with van der Waals surface area (Å²) < 4.78 is 0. The summed E-state index contributed by atoms with van der Waals surface area (Å²) in [5.41, 5.74) is 0. The molecule has 1 aromatic rings. The molecule has 0 aliphatic heterocycles. The predicted octanol–water partition coefficient (Wildman–Crippen LogP) is 3.36. The third-order valence-corrected chi connectivity index (χ3v) is 4.25.